The second-order valence-corrected chi connectivity index (χ2v) is 7.90. The van der Waals surface area contributed by atoms with Gasteiger partial charge in [0.1, 0.15) is 5.82 Å². The predicted molar refractivity (Wildman–Crippen MR) is 86.7 cm³/mol. The molecule has 0 aliphatic heterocycles. The fourth-order valence-corrected chi connectivity index (χ4v) is 4.02. The summed E-state index contributed by atoms with van der Waals surface area (Å²) in [4.78, 5) is 12.1. The number of hydrogen-bond donors (Lipinski definition) is 1. The van der Waals surface area contributed by atoms with Gasteiger partial charge in [0, 0.05) is 18.2 Å². The Balaban J connectivity index is 1.96. The van der Waals surface area contributed by atoms with Crippen LogP contribution in [0.1, 0.15) is 37.7 Å². The van der Waals surface area contributed by atoms with Crippen LogP contribution in [0.5, 0.6) is 0 Å². The summed E-state index contributed by atoms with van der Waals surface area (Å²) >= 11 is 0. The Hall–Kier alpha value is -1.47. The highest BCUT2D eigenvalue weighted by atomic mass is 32.2. The number of benzene rings is 1. The van der Waals surface area contributed by atoms with Gasteiger partial charge in [0.15, 0.2) is 0 Å². The molecule has 23 heavy (non-hydrogen) atoms. The van der Waals surface area contributed by atoms with Crippen LogP contribution in [0.4, 0.5) is 4.39 Å². The highest BCUT2D eigenvalue weighted by Gasteiger charge is 2.29. The van der Waals surface area contributed by atoms with Crippen molar-refractivity contribution < 1.29 is 17.6 Å². The molecule has 0 saturated heterocycles. The van der Waals surface area contributed by atoms with Crippen LogP contribution in [0, 0.1) is 5.82 Å². The summed E-state index contributed by atoms with van der Waals surface area (Å²) in [5.74, 6) is -0.802. The Morgan fingerprint density at radius 3 is 2.52 bits per heavy atom. The number of hydrogen-bond acceptors (Lipinski definition) is 3. The van der Waals surface area contributed by atoms with Gasteiger partial charge in [0.05, 0.1) is 12.8 Å². The lowest BCUT2D eigenvalue weighted by molar-refractivity contribution is -0.121. The van der Waals surface area contributed by atoms with E-state index in [1.807, 2.05) is 0 Å². The molecule has 0 unspecified atom stereocenters. The number of halogens is 1. The lowest BCUT2D eigenvalue weighted by Gasteiger charge is -2.31. The SMILES string of the molecule is CS(=O)(=O)N(CC(=O)NCc1ccccc1F)C1CCCCC1. The maximum absolute atomic E-state index is 13.5. The number of nitrogens with one attached hydrogen (secondary N) is 1. The van der Waals surface area contributed by atoms with Gasteiger partial charge in [-0.2, -0.15) is 4.31 Å². The molecule has 0 bridgehead atoms. The predicted octanol–water partition coefficient (Wildman–Crippen LogP) is 2.04. The van der Waals surface area contributed by atoms with Crippen molar-refractivity contribution >= 4 is 15.9 Å². The number of sulfonamides is 1. The highest BCUT2D eigenvalue weighted by molar-refractivity contribution is 7.88. The van der Waals surface area contributed by atoms with Crippen molar-refractivity contribution in [1.29, 1.82) is 0 Å². The van der Waals surface area contributed by atoms with Gasteiger partial charge in [-0.15, -0.1) is 0 Å². The summed E-state index contributed by atoms with van der Waals surface area (Å²) in [5, 5.41) is 2.60. The number of rotatable bonds is 6. The molecular formula is C16H23FN2O3S. The average Bonchev–Trinajstić information content (AvgIpc) is 2.51. The number of carbonyl (C=O) groups is 1. The summed E-state index contributed by atoms with van der Waals surface area (Å²) < 4.78 is 38.8. The second kappa shape index (κ2) is 7.88. The van der Waals surface area contributed by atoms with Gasteiger partial charge in [-0.05, 0) is 18.9 Å². The molecule has 128 valence electrons. The van der Waals surface area contributed by atoms with Gasteiger partial charge in [-0.3, -0.25) is 4.79 Å². The molecule has 0 aromatic heterocycles. The van der Waals surface area contributed by atoms with Gasteiger partial charge in [-0.25, -0.2) is 12.8 Å². The van der Waals surface area contributed by atoms with Crippen molar-refractivity contribution in [2.45, 2.75) is 44.7 Å². The normalized spacial score (nSPS) is 16.5. The largest absolute Gasteiger partial charge is 0.351 e. The van der Waals surface area contributed by atoms with Crippen LogP contribution in [-0.4, -0.2) is 37.5 Å². The van der Waals surface area contributed by atoms with Crippen molar-refractivity contribution in [3.8, 4) is 0 Å². The molecule has 0 radical (unpaired) electrons. The van der Waals surface area contributed by atoms with E-state index in [4.69, 9.17) is 0 Å². The van der Waals surface area contributed by atoms with E-state index >= 15 is 0 Å². The lowest BCUT2D eigenvalue weighted by atomic mass is 9.95. The smallest absolute Gasteiger partial charge is 0.235 e. The van der Waals surface area contributed by atoms with Crippen molar-refractivity contribution in [2.75, 3.05) is 12.8 Å². The molecule has 5 nitrogen and oxygen atoms in total. The minimum Gasteiger partial charge on any atom is -0.351 e. The molecule has 1 aliphatic rings. The van der Waals surface area contributed by atoms with Crippen molar-refractivity contribution in [3.05, 3.63) is 35.6 Å². The van der Waals surface area contributed by atoms with Crippen LogP contribution in [0.25, 0.3) is 0 Å². The van der Waals surface area contributed by atoms with Crippen LogP contribution in [0.3, 0.4) is 0 Å². The van der Waals surface area contributed by atoms with E-state index < -0.39 is 15.9 Å². The molecule has 0 heterocycles. The summed E-state index contributed by atoms with van der Waals surface area (Å²) in [5.41, 5.74) is 0.379. The third-order valence-electron chi connectivity index (χ3n) is 4.14. The Morgan fingerprint density at radius 1 is 1.26 bits per heavy atom. The zero-order chi connectivity index (χ0) is 16.9. The Kier molecular flexibility index (Phi) is 6.12. The standard InChI is InChI=1S/C16H23FN2O3S/c1-23(21,22)19(14-8-3-2-4-9-14)12-16(20)18-11-13-7-5-6-10-15(13)17/h5-7,10,14H,2-4,8-9,11-12H2,1H3,(H,18,20). The van der Waals surface area contributed by atoms with E-state index in [0.717, 1.165) is 38.4 Å². The van der Waals surface area contributed by atoms with Gasteiger partial charge in [0.2, 0.25) is 15.9 Å². The van der Waals surface area contributed by atoms with Crippen LogP contribution < -0.4 is 5.32 Å². The molecule has 7 heteroatoms. The van der Waals surface area contributed by atoms with E-state index in [2.05, 4.69) is 5.32 Å². The van der Waals surface area contributed by atoms with Gasteiger partial charge >= 0.3 is 0 Å². The van der Waals surface area contributed by atoms with Crippen molar-refractivity contribution in [1.82, 2.24) is 9.62 Å². The fraction of sp³-hybridized carbons (Fsp3) is 0.562. The molecule has 1 aromatic rings. The average molecular weight is 342 g/mol. The first kappa shape index (κ1) is 17.9. The minimum atomic E-state index is -3.45. The number of carbonyl (C=O) groups excluding carboxylic acids is 1. The Labute approximate surface area is 136 Å². The van der Waals surface area contributed by atoms with Crippen LogP contribution in [0.2, 0.25) is 0 Å². The second-order valence-electron chi connectivity index (χ2n) is 5.97. The maximum Gasteiger partial charge on any atom is 0.235 e. The molecule has 1 aliphatic carbocycles. The summed E-state index contributed by atoms with van der Waals surface area (Å²) in [6.45, 7) is -0.161. The van der Waals surface area contributed by atoms with Gasteiger partial charge < -0.3 is 5.32 Å². The molecule has 1 aromatic carbocycles. The Bertz CT molecular complexity index is 642. The first-order valence-corrected chi connectivity index (χ1v) is 9.69. The van der Waals surface area contributed by atoms with Crippen molar-refractivity contribution in [3.63, 3.8) is 0 Å². The van der Waals surface area contributed by atoms with E-state index in [1.54, 1.807) is 18.2 Å². The zero-order valence-corrected chi connectivity index (χ0v) is 14.1. The Morgan fingerprint density at radius 2 is 1.91 bits per heavy atom. The maximum atomic E-state index is 13.5. The molecule has 1 saturated carbocycles. The molecule has 2 rings (SSSR count). The first-order valence-electron chi connectivity index (χ1n) is 7.85. The lowest BCUT2D eigenvalue weighted by Crippen LogP contribution is -2.46. The molecule has 1 N–H and O–H groups in total. The zero-order valence-electron chi connectivity index (χ0n) is 13.3. The van der Waals surface area contributed by atoms with Gasteiger partial charge in [-0.1, -0.05) is 37.5 Å². The summed E-state index contributed by atoms with van der Waals surface area (Å²) in [6.07, 6.45) is 5.77. The van der Waals surface area contributed by atoms with Crippen LogP contribution >= 0.6 is 0 Å². The van der Waals surface area contributed by atoms with Crippen LogP contribution in [0.15, 0.2) is 24.3 Å². The summed E-state index contributed by atoms with van der Waals surface area (Å²) in [7, 11) is -3.45. The monoisotopic (exact) mass is 342 g/mol. The molecule has 1 amide bonds. The number of amides is 1. The molecule has 1 fully saturated rings. The molecule has 0 atom stereocenters. The van der Waals surface area contributed by atoms with E-state index in [0.29, 0.717) is 5.56 Å². The van der Waals surface area contributed by atoms with E-state index in [9.17, 15) is 17.6 Å². The quantitative estimate of drug-likeness (QED) is 0.860. The van der Waals surface area contributed by atoms with E-state index in [-0.39, 0.29) is 24.9 Å². The molecule has 0 spiro atoms. The van der Waals surface area contributed by atoms with E-state index in [1.165, 1.54) is 10.4 Å². The van der Waals surface area contributed by atoms with Crippen LogP contribution in [-0.2, 0) is 21.4 Å². The third-order valence-corrected chi connectivity index (χ3v) is 5.42. The topological polar surface area (TPSA) is 66.5 Å². The first-order chi connectivity index (χ1) is 10.9. The fourth-order valence-electron chi connectivity index (χ4n) is 2.92. The van der Waals surface area contributed by atoms with Crippen molar-refractivity contribution in [2.24, 2.45) is 0 Å². The summed E-state index contributed by atoms with van der Waals surface area (Å²) in [6, 6.07) is 6.07. The molecular weight excluding hydrogens is 319 g/mol. The van der Waals surface area contributed by atoms with Gasteiger partial charge in [0.25, 0.3) is 0 Å². The third kappa shape index (κ3) is 5.28. The minimum absolute atomic E-state index is 0.0494. The highest BCUT2D eigenvalue weighted by Crippen LogP contribution is 2.24. The number of nitrogens with zero attached hydrogens (tertiary/aromatic N) is 1.